The molecule has 0 amide bonds. The van der Waals surface area contributed by atoms with E-state index >= 15 is 0 Å². The highest BCUT2D eigenvalue weighted by atomic mass is 28.2. The van der Waals surface area contributed by atoms with Crippen molar-refractivity contribution in [3.8, 4) is 6.07 Å². The van der Waals surface area contributed by atoms with E-state index in [1.807, 2.05) is 0 Å². The molecule has 0 N–H and O–H groups in total. The Morgan fingerprint density at radius 1 is 1.58 bits per heavy atom. The molecule has 1 fully saturated rings. The van der Waals surface area contributed by atoms with Crippen LogP contribution in [0.2, 0.25) is 6.55 Å². The van der Waals surface area contributed by atoms with Crippen molar-refractivity contribution >= 4 is 9.52 Å². The van der Waals surface area contributed by atoms with E-state index in [4.69, 9.17) is 10.00 Å². The molecule has 2 nitrogen and oxygen atoms in total. The summed E-state index contributed by atoms with van der Waals surface area (Å²) in [7, 11) is -0.132. The van der Waals surface area contributed by atoms with Crippen LogP contribution in [0, 0.1) is 11.3 Å². The van der Waals surface area contributed by atoms with E-state index in [1.165, 1.54) is 19.3 Å². The third kappa shape index (κ3) is 2.33. The van der Waals surface area contributed by atoms with E-state index in [0.717, 1.165) is 13.0 Å². The Labute approximate surface area is 76.7 Å². The SMILES string of the molecule is C[SiH2]C1(CCC#N)CCCCO1. The zero-order valence-electron chi connectivity index (χ0n) is 7.81. The molecule has 0 spiro atoms. The molecule has 1 aliphatic heterocycles. The lowest BCUT2D eigenvalue weighted by Crippen LogP contribution is -2.40. The smallest absolute Gasteiger partial charge is 0.0622 e. The van der Waals surface area contributed by atoms with Gasteiger partial charge in [0.2, 0.25) is 0 Å². The minimum Gasteiger partial charge on any atom is -0.379 e. The van der Waals surface area contributed by atoms with Crippen molar-refractivity contribution in [2.45, 2.75) is 43.9 Å². The first kappa shape index (κ1) is 9.75. The first-order valence-electron chi connectivity index (χ1n) is 4.84. The zero-order chi connectivity index (χ0) is 8.86. The van der Waals surface area contributed by atoms with Crippen molar-refractivity contribution in [2.75, 3.05) is 6.61 Å². The predicted molar refractivity (Wildman–Crippen MR) is 51.8 cm³/mol. The number of nitrogens with zero attached hydrogens (tertiary/aromatic N) is 1. The van der Waals surface area contributed by atoms with Crippen LogP contribution in [0.1, 0.15) is 32.1 Å². The number of hydrogen-bond acceptors (Lipinski definition) is 2. The van der Waals surface area contributed by atoms with Crippen molar-refractivity contribution in [1.29, 1.82) is 5.26 Å². The molecule has 0 bridgehead atoms. The first-order valence-corrected chi connectivity index (χ1v) is 6.96. The highest BCUT2D eigenvalue weighted by Crippen LogP contribution is 2.28. The van der Waals surface area contributed by atoms with Gasteiger partial charge in [0.15, 0.2) is 0 Å². The maximum absolute atomic E-state index is 8.52. The Morgan fingerprint density at radius 2 is 2.42 bits per heavy atom. The van der Waals surface area contributed by atoms with Gasteiger partial charge in [0.1, 0.15) is 0 Å². The maximum atomic E-state index is 8.52. The van der Waals surface area contributed by atoms with Crippen molar-refractivity contribution < 1.29 is 4.74 Å². The number of nitriles is 1. The average molecular weight is 183 g/mol. The topological polar surface area (TPSA) is 33.0 Å². The third-order valence-corrected chi connectivity index (χ3v) is 4.97. The van der Waals surface area contributed by atoms with E-state index in [9.17, 15) is 0 Å². The normalized spacial score (nSPS) is 30.7. The standard InChI is InChI=1S/C9H17NOSi/c1-12-9(6-4-7-10)5-2-3-8-11-9/h2-6,8,12H2,1H3. The fraction of sp³-hybridized carbons (Fsp3) is 0.889. The van der Waals surface area contributed by atoms with E-state index in [1.54, 1.807) is 0 Å². The quantitative estimate of drug-likeness (QED) is 0.620. The van der Waals surface area contributed by atoms with Gasteiger partial charge in [-0.15, -0.1) is 0 Å². The van der Waals surface area contributed by atoms with Gasteiger partial charge in [0.25, 0.3) is 0 Å². The monoisotopic (exact) mass is 183 g/mol. The third-order valence-electron chi connectivity index (χ3n) is 2.77. The second-order valence-corrected chi connectivity index (χ2v) is 5.50. The molecule has 1 unspecified atom stereocenters. The molecule has 0 aromatic carbocycles. The van der Waals surface area contributed by atoms with Crippen LogP contribution in [0.25, 0.3) is 0 Å². The van der Waals surface area contributed by atoms with Crippen molar-refractivity contribution in [2.24, 2.45) is 0 Å². The number of hydrogen-bond donors (Lipinski definition) is 0. The lowest BCUT2D eigenvalue weighted by Gasteiger charge is -2.36. The zero-order valence-corrected chi connectivity index (χ0v) is 9.22. The van der Waals surface area contributed by atoms with Crippen LogP contribution >= 0.6 is 0 Å². The summed E-state index contributed by atoms with van der Waals surface area (Å²) < 4.78 is 5.83. The molecule has 1 heterocycles. The number of rotatable bonds is 3. The highest BCUT2D eigenvalue weighted by Gasteiger charge is 2.30. The van der Waals surface area contributed by atoms with Gasteiger partial charge in [-0.1, -0.05) is 6.55 Å². The van der Waals surface area contributed by atoms with Crippen LogP contribution in [0.4, 0.5) is 0 Å². The van der Waals surface area contributed by atoms with Gasteiger partial charge in [-0.3, -0.25) is 0 Å². The Balaban J connectivity index is 2.43. The number of ether oxygens (including phenoxy) is 1. The van der Waals surface area contributed by atoms with Gasteiger partial charge in [0, 0.05) is 13.0 Å². The minimum absolute atomic E-state index is 0.132. The molecule has 12 heavy (non-hydrogen) atoms. The average Bonchev–Trinajstić information content (AvgIpc) is 2.16. The molecular weight excluding hydrogens is 166 g/mol. The molecule has 0 aromatic heterocycles. The van der Waals surface area contributed by atoms with Gasteiger partial charge in [-0.2, -0.15) is 5.26 Å². The minimum atomic E-state index is -0.132. The molecule has 1 rings (SSSR count). The Hall–Kier alpha value is -0.333. The summed E-state index contributed by atoms with van der Waals surface area (Å²) in [6, 6.07) is 2.22. The van der Waals surface area contributed by atoms with Crippen molar-refractivity contribution in [1.82, 2.24) is 0 Å². The Morgan fingerprint density at radius 3 is 2.92 bits per heavy atom. The molecule has 68 valence electrons. The molecule has 1 aliphatic rings. The van der Waals surface area contributed by atoms with E-state index < -0.39 is 0 Å². The molecule has 1 saturated heterocycles. The summed E-state index contributed by atoms with van der Waals surface area (Å²) in [5.74, 6) is 0. The Bertz CT molecular complexity index is 170. The lowest BCUT2D eigenvalue weighted by atomic mass is 10.0. The van der Waals surface area contributed by atoms with E-state index in [0.29, 0.717) is 6.42 Å². The van der Waals surface area contributed by atoms with Crippen molar-refractivity contribution in [3.63, 3.8) is 0 Å². The van der Waals surface area contributed by atoms with Crippen LogP contribution in [0.5, 0.6) is 0 Å². The fourth-order valence-electron chi connectivity index (χ4n) is 1.85. The lowest BCUT2D eigenvalue weighted by molar-refractivity contribution is -0.0241. The second-order valence-electron chi connectivity index (χ2n) is 3.50. The van der Waals surface area contributed by atoms with E-state index in [2.05, 4.69) is 12.6 Å². The summed E-state index contributed by atoms with van der Waals surface area (Å²) in [5, 5.41) is 8.71. The predicted octanol–water partition coefficient (Wildman–Crippen LogP) is 1.40. The first-order chi connectivity index (χ1) is 5.83. The molecule has 3 heteroatoms. The van der Waals surface area contributed by atoms with Gasteiger partial charge >= 0.3 is 0 Å². The van der Waals surface area contributed by atoms with Crippen LogP contribution in [0.3, 0.4) is 0 Å². The van der Waals surface area contributed by atoms with Gasteiger partial charge < -0.3 is 4.74 Å². The summed E-state index contributed by atoms with van der Waals surface area (Å²) in [4.78, 5) is 0. The van der Waals surface area contributed by atoms with Gasteiger partial charge in [0.05, 0.1) is 20.8 Å². The second kappa shape index (κ2) is 4.63. The fourth-order valence-corrected chi connectivity index (χ4v) is 3.33. The van der Waals surface area contributed by atoms with Gasteiger partial charge in [-0.05, 0) is 25.7 Å². The molecule has 0 radical (unpaired) electrons. The molecule has 1 atom stereocenters. The van der Waals surface area contributed by atoms with Gasteiger partial charge in [-0.25, -0.2) is 0 Å². The van der Waals surface area contributed by atoms with E-state index in [-0.39, 0.29) is 14.7 Å². The van der Waals surface area contributed by atoms with Crippen LogP contribution in [-0.2, 0) is 4.74 Å². The summed E-state index contributed by atoms with van der Waals surface area (Å²) in [5.41, 5.74) is 0. The summed E-state index contributed by atoms with van der Waals surface area (Å²) in [6.07, 6.45) is 5.36. The molecule has 0 saturated carbocycles. The largest absolute Gasteiger partial charge is 0.379 e. The van der Waals surface area contributed by atoms with Crippen LogP contribution in [-0.4, -0.2) is 21.4 Å². The highest BCUT2D eigenvalue weighted by molar-refractivity contribution is 6.37. The summed E-state index contributed by atoms with van der Waals surface area (Å²) >= 11 is 0. The maximum Gasteiger partial charge on any atom is 0.0622 e. The van der Waals surface area contributed by atoms with Crippen LogP contribution in [0.15, 0.2) is 0 Å². The molecular formula is C9H17NOSi. The summed E-state index contributed by atoms with van der Waals surface area (Å²) in [6.45, 7) is 3.22. The van der Waals surface area contributed by atoms with Crippen molar-refractivity contribution in [3.05, 3.63) is 0 Å². The molecule has 0 aliphatic carbocycles. The van der Waals surface area contributed by atoms with Crippen LogP contribution < -0.4 is 0 Å². The molecule has 0 aromatic rings. The Kier molecular flexibility index (Phi) is 3.77.